The van der Waals surface area contributed by atoms with Crippen molar-refractivity contribution < 1.29 is 19.1 Å². The highest BCUT2D eigenvalue weighted by Crippen LogP contribution is 2.44. The Hall–Kier alpha value is -6.16. The summed E-state index contributed by atoms with van der Waals surface area (Å²) in [6.45, 7) is 3.76. The lowest BCUT2D eigenvalue weighted by molar-refractivity contribution is -0.139. The summed E-state index contributed by atoms with van der Waals surface area (Å²) in [5, 5.41) is 21.3. The van der Waals surface area contributed by atoms with Gasteiger partial charge in [0.25, 0.3) is 0 Å². The van der Waals surface area contributed by atoms with Crippen LogP contribution in [0.1, 0.15) is 22.7 Å². The normalized spacial score (nSPS) is 14.6. The van der Waals surface area contributed by atoms with Crippen molar-refractivity contribution in [2.24, 2.45) is 5.73 Å². The second-order valence-corrected chi connectivity index (χ2v) is 10.1. The third-order valence-corrected chi connectivity index (χ3v) is 7.31. The third kappa shape index (κ3) is 5.64. The molecule has 0 bridgehead atoms. The molecule has 0 saturated carbocycles. The summed E-state index contributed by atoms with van der Waals surface area (Å²) in [4.78, 5) is 36.7. The zero-order chi connectivity index (χ0) is 32.2. The van der Waals surface area contributed by atoms with E-state index in [1.54, 1.807) is 60.3 Å². The van der Waals surface area contributed by atoms with Crippen molar-refractivity contribution in [2.75, 3.05) is 36.8 Å². The number of carbonyl (C=O) groups excluding carboxylic acids is 2. The van der Waals surface area contributed by atoms with E-state index in [4.69, 9.17) is 15.2 Å². The molecular formula is C32H31N9O4. The highest BCUT2D eigenvalue weighted by molar-refractivity contribution is 6.06. The number of carbonyl (C=O) groups is 2. The first kappa shape index (κ1) is 30.3. The molecule has 1 atom stereocenters. The van der Waals surface area contributed by atoms with Crippen LogP contribution in [-0.4, -0.2) is 53.0 Å². The molecule has 0 radical (unpaired) electrons. The van der Waals surface area contributed by atoms with Crippen LogP contribution in [0.15, 0.2) is 89.7 Å². The number of hydrogen-bond acceptors (Lipinski definition) is 12. The number of methoxy groups -OCH3 is 2. The highest BCUT2D eigenvalue weighted by Gasteiger charge is 2.43. The van der Waals surface area contributed by atoms with Crippen molar-refractivity contribution in [3.8, 4) is 11.9 Å². The molecule has 1 unspecified atom stereocenters. The summed E-state index contributed by atoms with van der Waals surface area (Å²) in [6.07, 6.45) is 1.44. The first-order valence-corrected chi connectivity index (χ1v) is 13.8. The van der Waals surface area contributed by atoms with Crippen LogP contribution in [0.3, 0.4) is 0 Å². The van der Waals surface area contributed by atoms with Crippen LogP contribution in [0.5, 0.6) is 0 Å². The Kier molecular flexibility index (Phi) is 8.49. The largest absolute Gasteiger partial charge is 0.466 e. The maximum Gasteiger partial charge on any atom is 0.355 e. The minimum absolute atomic E-state index is 0.0318. The topological polar surface area (TPSA) is 173 Å². The van der Waals surface area contributed by atoms with E-state index in [1.165, 1.54) is 25.4 Å². The zero-order valence-corrected chi connectivity index (χ0v) is 25.3. The van der Waals surface area contributed by atoms with E-state index in [0.29, 0.717) is 34.4 Å². The molecule has 0 amide bonds. The summed E-state index contributed by atoms with van der Waals surface area (Å²) in [5.41, 5.74) is 9.72. The number of nitriles is 1. The van der Waals surface area contributed by atoms with Crippen molar-refractivity contribution in [1.29, 1.82) is 5.26 Å². The number of esters is 2. The van der Waals surface area contributed by atoms with E-state index >= 15 is 0 Å². The summed E-state index contributed by atoms with van der Waals surface area (Å²) >= 11 is 0. The van der Waals surface area contributed by atoms with Gasteiger partial charge in [-0.15, -0.1) is 0 Å². The Labute approximate surface area is 259 Å². The van der Waals surface area contributed by atoms with Crippen LogP contribution in [0.2, 0.25) is 0 Å². The zero-order valence-electron chi connectivity index (χ0n) is 25.3. The minimum Gasteiger partial charge on any atom is -0.466 e. The van der Waals surface area contributed by atoms with E-state index in [9.17, 15) is 14.9 Å². The van der Waals surface area contributed by atoms with Crippen molar-refractivity contribution in [1.82, 2.24) is 19.7 Å². The SMILES string of the molecule is CNc1cc(-n2nc(C)cc2Nc2cc(N3C(N)=C(C#N)C(c4ccccc4)C(C(=O)OC)=C3C(=O)OC)ccc2C)ncn1. The van der Waals surface area contributed by atoms with Gasteiger partial charge in [0.2, 0.25) is 0 Å². The van der Waals surface area contributed by atoms with Crippen LogP contribution in [-0.2, 0) is 19.1 Å². The van der Waals surface area contributed by atoms with Crippen LogP contribution in [0.4, 0.5) is 23.0 Å². The fourth-order valence-corrected chi connectivity index (χ4v) is 5.17. The van der Waals surface area contributed by atoms with Gasteiger partial charge in [-0.1, -0.05) is 36.4 Å². The summed E-state index contributed by atoms with van der Waals surface area (Å²) in [7, 11) is 4.18. The van der Waals surface area contributed by atoms with Crippen LogP contribution in [0.25, 0.3) is 5.82 Å². The number of anilines is 4. The van der Waals surface area contributed by atoms with Gasteiger partial charge in [-0.3, -0.25) is 4.90 Å². The number of nitrogens with one attached hydrogen (secondary N) is 2. The number of hydrogen-bond donors (Lipinski definition) is 3. The van der Waals surface area contributed by atoms with Crippen molar-refractivity contribution >= 4 is 34.9 Å². The van der Waals surface area contributed by atoms with Crippen molar-refractivity contribution in [3.05, 3.63) is 106 Å². The van der Waals surface area contributed by atoms with E-state index < -0.39 is 17.9 Å². The fraction of sp³-hybridized carbons (Fsp3) is 0.188. The molecule has 5 rings (SSSR count). The van der Waals surface area contributed by atoms with Gasteiger partial charge in [-0.25, -0.2) is 19.6 Å². The number of aryl methyl sites for hydroxylation is 2. The van der Waals surface area contributed by atoms with E-state index in [1.807, 2.05) is 26.0 Å². The van der Waals surface area contributed by atoms with Gasteiger partial charge in [-0.2, -0.15) is 15.0 Å². The van der Waals surface area contributed by atoms with Gasteiger partial charge >= 0.3 is 11.9 Å². The maximum atomic E-state index is 13.5. The summed E-state index contributed by atoms with van der Waals surface area (Å²) in [6, 6.07) is 19.9. The Bertz CT molecular complexity index is 1890. The molecule has 4 aromatic rings. The second kappa shape index (κ2) is 12.6. The van der Waals surface area contributed by atoms with Crippen LogP contribution < -0.4 is 21.3 Å². The molecular weight excluding hydrogens is 574 g/mol. The highest BCUT2D eigenvalue weighted by atomic mass is 16.5. The number of aromatic nitrogens is 4. The van der Waals surface area contributed by atoms with E-state index in [0.717, 1.165) is 11.3 Å². The Morgan fingerprint density at radius 2 is 1.73 bits per heavy atom. The van der Waals surface area contributed by atoms with Crippen molar-refractivity contribution in [2.45, 2.75) is 19.8 Å². The van der Waals surface area contributed by atoms with Gasteiger partial charge in [0.1, 0.15) is 29.5 Å². The number of ether oxygens (including phenoxy) is 2. The monoisotopic (exact) mass is 605 g/mol. The van der Waals surface area contributed by atoms with Gasteiger partial charge in [0, 0.05) is 30.6 Å². The molecule has 0 fully saturated rings. The Balaban J connectivity index is 1.68. The lowest BCUT2D eigenvalue weighted by Crippen LogP contribution is -2.40. The molecule has 2 aromatic heterocycles. The molecule has 1 aliphatic rings. The Morgan fingerprint density at radius 3 is 2.40 bits per heavy atom. The predicted octanol–water partition coefficient (Wildman–Crippen LogP) is 3.96. The number of benzene rings is 2. The molecule has 0 spiro atoms. The molecule has 2 aromatic carbocycles. The van der Waals surface area contributed by atoms with Crippen LogP contribution >= 0.6 is 0 Å². The maximum absolute atomic E-state index is 13.5. The van der Waals surface area contributed by atoms with E-state index in [2.05, 4.69) is 31.8 Å². The molecule has 3 heterocycles. The molecule has 4 N–H and O–H groups in total. The number of nitrogens with two attached hydrogens (primary N) is 1. The average molecular weight is 606 g/mol. The minimum atomic E-state index is -0.968. The number of allylic oxidation sites excluding steroid dienone is 1. The molecule has 0 aliphatic carbocycles. The number of nitrogens with zero attached hydrogens (tertiary/aromatic N) is 6. The lowest BCUT2D eigenvalue weighted by Gasteiger charge is -2.36. The van der Waals surface area contributed by atoms with Gasteiger partial charge in [0.15, 0.2) is 5.82 Å². The first-order valence-electron chi connectivity index (χ1n) is 13.8. The number of rotatable bonds is 8. The smallest absolute Gasteiger partial charge is 0.355 e. The Morgan fingerprint density at radius 1 is 1.00 bits per heavy atom. The average Bonchev–Trinajstić information content (AvgIpc) is 3.44. The molecule has 13 heteroatoms. The molecule has 228 valence electrons. The third-order valence-electron chi connectivity index (χ3n) is 7.31. The quantitative estimate of drug-likeness (QED) is 0.247. The van der Waals surface area contributed by atoms with Gasteiger partial charge < -0.3 is 25.8 Å². The van der Waals surface area contributed by atoms with Crippen LogP contribution in [0, 0.1) is 25.2 Å². The molecule has 13 nitrogen and oxygen atoms in total. The molecule has 45 heavy (non-hydrogen) atoms. The second-order valence-electron chi connectivity index (χ2n) is 10.1. The summed E-state index contributed by atoms with van der Waals surface area (Å²) < 4.78 is 11.9. The van der Waals surface area contributed by atoms with Gasteiger partial charge in [-0.05, 0) is 37.1 Å². The predicted molar refractivity (Wildman–Crippen MR) is 167 cm³/mol. The van der Waals surface area contributed by atoms with Crippen molar-refractivity contribution in [3.63, 3.8) is 0 Å². The fourth-order valence-electron chi connectivity index (χ4n) is 5.17. The van der Waals surface area contributed by atoms with E-state index in [-0.39, 0.29) is 22.7 Å². The van der Waals surface area contributed by atoms with Gasteiger partial charge in [0.05, 0.1) is 43.0 Å². The lowest BCUT2D eigenvalue weighted by atomic mass is 9.81. The first-order chi connectivity index (χ1) is 21.7. The molecule has 1 aliphatic heterocycles. The summed E-state index contributed by atoms with van der Waals surface area (Å²) in [5.74, 6) is -0.868. The standard InChI is InChI=1S/C32H31N9O4/c1-18-11-12-21(14-23(18)38-26-13-19(2)39-41(26)25-15-24(35-3)36-17-37-25)40-29(32(43)45-5)28(31(42)44-4)27(22(16-33)30(40)34)20-9-7-6-8-10-20/h6-15,17,27,38H,34H2,1-5H3,(H,35,36,37). The molecule has 0 saturated heterocycles.